The van der Waals surface area contributed by atoms with Gasteiger partial charge in [0, 0.05) is 17.2 Å². The zero-order valence-electron chi connectivity index (χ0n) is 9.02. The summed E-state index contributed by atoms with van der Waals surface area (Å²) in [5.74, 6) is 0.950. The Hall–Kier alpha value is -0.950. The van der Waals surface area contributed by atoms with E-state index in [9.17, 15) is 0 Å². The highest BCUT2D eigenvalue weighted by Gasteiger charge is 1.99. The summed E-state index contributed by atoms with van der Waals surface area (Å²) in [6, 6.07) is 8.48. The lowest BCUT2D eigenvalue weighted by atomic mass is 10.2. The fraction of sp³-hybridized carbons (Fsp3) is 0.273. The maximum atomic E-state index is 4.01. The first-order valence-electron chi connectivity index (χ1n) is 5.04. The molecule has 0 saturated heterocycles. The molecule has 1 heterocycles. The zero-order valence-corrected chi connectivity index (χ0v) is 11.2. The molecule has 0 fully saturated rings. The molecule has 2 aromatic rings. The summed E-state index contributed by atoms with van der Waals surface area (Å²) < 4.78 is 3.18. The highest BCUT2D eigenvalue weighted by atomic mass is 127. The molecule has 0 bridgehead atoms. The van der Waals surface area contributed by atoms with E-state index in [4.69, 9.17) is 0 Å². The Kier molecular flexibility index (Phi) is 3.89. The van der Waals surface area contributed by atoms with Crippen molar-refractivity contribution in [2.75, 3.05) is 0 Å². The average Bonchev–Trinajstić information content (AvgIpc) is 2.68. The third kappa shape index (κ3) is 3.02. The van der Waals surface area contributed by atoms with Crippen LogP contribution in [0.4, 0.5) is 0 Å². The van der Waals surface area contributed by atoms with Gasteiger partial charge in [-0.2, -0.15) is 0 Å². The van der Waals surface area contributed by atoms with E-state index >= 15 is 0 Å². The second-order valence-electron chi connectivity index (χ2n) is 3.59. The van der Waals surface area contributed by atoms with Crippen LogP contribution in [0, 0.1) is 3.57 Å². The average molecular weight is 328 g/mol. The van der Waals surface area contributed by atoms with Crippen molar-refractivity contribution in [3.05, 3.63) is 45.6 Å². The number of hydrogen-bond donors (Lipinski definition) is 1. The van der Waals surface area contributed by atoms with E-state index in [1.807, 2.05) is 11.6 Å². The summed E-state index contributed by atoms with van der Waals surface area (Å²) in [6.07, 6.45) is 1.71. The third-order valence-electron chi connectivity index (χ3n) is 2.33. The van der Waals surface area contributed by atoms with Crippen LogP contribution in [0.5, 0.6) is 0 Å². The molecule has 0 unspecified atom stereocenters. The molecular weight excluding hydrogens is 315 g/mol. The van der Waals surface area contributed by atoms with Crippen molar-refractivity contribution in [3.63, 3.8) is 0 Å². The minimum absolute atomic E-state index is 0.739. The van der Waals surface area contributed by atoms with E-state index in [2.05, 4.69) is 62.4 Å². The molecule has 4 nitrogen and oxygen atoms in total. The number of nitrogens with zero attached hydrogens (tertiary/aromatic N) is 3. The van der Waals surface area contributed by atoms with Gasteiger partial charge in [0.25, 0.3) is 0 Å². The Bertz CT molecular complexity index is 449. The first kappa shape index (κ1) is 11.5. The number of aryl methyl sites for hydroxylation is 1. The summed E-state index contributed by atoms with van der Waals surface area (Å²) in [6.45, 7) is 1.59. The normalized spacial score (nSPS) is 10.6. The number of benzene rings is 1. The van der Waals surface area contributed by atoms with Crippen LogP contribution >= 0.6 is 22.6 Å². The van der Waals surface area contributed by atoms with Crippen molar-refractivity contribution < 1.29 is 0 Å². The van der Waals surface area contributed by atoms with Gasteiger partial charge in [0.15, 0.2) is 0 Å². The van der Waals surface area contributed by atoms with Crippen molar-refractivity contribution in [1.82, 2.24) is 20.1 Å². The second-order valence-corrected chi connectivity index (χ2v) is 4.83. The molecule has 0 aliphatic carbocycles. The first-order chi connectivity index (χ1) is 7.75. The maximum absolute atomic E-state index is 4.01. The third-order valence-corrected chi connectivity index (χ3v) is 3.05. The number of hydrogen-bond acceptors (Lipinski definition) is 3. The highest BCUT2D eigenvalue weighted by Crippen LogP contribution is 2.06. The standard InChI is InChI=1S/C11H13IN4/c1-16-8-14-15-11(16)7-13-6-9-2-4-10(12)5-3-9/h2-5,8,13H,6-7H2,1H3. The molecule has 0 amide bonds. The van der Waals surface area contributed by atoms with Gasteiger partial charge in [0.05, 0.1) is 6.54 Å². The predicted octanol–water partition coefficient (Wildman–Crippen LogP) is 1.71. The molecule has 5 heteroatoms. The SMILES string of the molecule is Cn1cnnc1CNCc1ccc(I)cc1. The lowest BCUT2D eigenvalue weighted by Crippen LogP contribution is -2.15. The van der Waals surface area contributed by atoms with Gasteiger partial charge in [0.1, 0.15) is 12.2 Å². The maximum Gasteiger partial charge on any atom is 0.146 e. The molecule has 16 heavy (non-hydrogen) atoms. The highest BCUT2D eigenvalue weighted by molar-refractivity contribution is 14.1. The molecule has 0 saturated carbocycles. The Morgan fingerprint density at radius 1 is 1.25 bits per heavy atom. The lowest BCUT2D eigenvalue weighted by molar-refractivity contribution is 0.637. The van der Waals surface area contributed by atoms with Crippen LogP contribution in [0.15, 0.2) is 30.6 Å². The van der Waals surface area contributed by atoms with Gasteiger partial charge in [-0.25, -0.2) is 0 Å². The van der Waals surface area contributed by atoms with Gasteiger partial charge < -0.3 is 9.88 Å². The Morgan fingerprint density at radius 3 is 2.62 bits per heavy atom. The van der Waals surface area contributed by atoms with Crippen LogP contribution in [-0.2, 0) is 20.1 Å². The summed E-state index contributed by atoms with van der Waals surface area (Å²) in [5.41, 5.74) is 1.28. The van der Waals surface area contributed by atoms with Crippen LogP contribution in [0.3, 0.4) is 0 Å². The van der Waals surface area contributed by atoms with E-state index < -0.39 is 0 Å². The van der Waals surface area contributed by atoms with E-state index in [1.54, 1.807) is 6.33 Å². The quantitative estimate of drug-likeness (QED) is 0.869. The molecular formula is C11H13IN4. The lowest BCUT2D eigenvalue weighted by Gasteiger charge is -2.04. The molecule has 1 aromatic heterocycles. The van der Waals surface area contributed by atoms with Crippen molar-refractivity contribution in [2.45, 2.75) is 13.1 Å². The Morgan fingerprint density at radius 2 is 2.00 bits per heavy atom. The smallest absolute Gasteiger partial charge is 0.146 e. The molecule has 84 valence electrons. The van der Waals surface area contributed by atoms with Crippen LogP contribution in [0.25, 0.3) is 0 Å². The summed E-state index contributed by atoms with van der Waals surface area (Å²) in [5, 5.41) is 11.2. The van der Waals surface area contributed by atoms with E-state index in [0.717, 1.165) is 18.9 Å². The summed E-state index contributed by atoms with van der Waals surface area (Å²) in [4.78, 5) is 0. The second kappa shape index (κ2) is 5.40. The van der Waals surface area contributed by atoms with Crippen molar-refractivity contribution in [3.8, 4) is 0 Å². The minimum atomic E-state index is 0.739. The van der Waals surface area contributed by atoms with Crippen LogP contribution in [-0.4, -0.2) is 14.8 Å². The topological polar surface area (TPSA) is 42.7 Å². The fourth-order valence-corrected chi connectivity index (χ4v) is 1.75. The molecule has 2 rings (SSSR count). The molecule has 0 aliphatic heterocycles. The van der Waals surface area contributed by atoms with Gasteiger partial charge in [-0.1, -0.05) is 12.1 Å². The van der Waals surface area contributed by atoms with E-state index in [1.165, 1.54) is 9.13 Å². The summed E-state index contributed by atoms with van der Waals surface area (Å²) >= 11 is 2.30. The van der Waals surface area contributed by atoms with Gasteiger partial charge in [0.2, 0.25) is 0 Å². The monoisotopic (exact) mass is 328 g/mol. The first-order valence-corrected chi connectivity index (χ1v) is 6.11. The van der Waals surface area contributed by atoms with Crippen LogP contribution in [0.2, 0.25) is 0 Å². The van der Waals surface area contributed by atoms with Gasteiger partial charge in [-0.05, 0) is 40.3 Å². The van der Waals surface area contributed by atoms with Crippen LogP contribution in [0.1, 0.15) is 11.4 Å². The van der Waals surface area contributed by atoms with E-state index in [-0.39, 0.29) is 0 Å². The number of nitrogens with one attached hydrogen (secondary N) is 1. The van der Waals surface area contributed by atoms with Crippen molar-refractivity contribution >= 4 is 22.6 Å². The van der Waals surface area contributed by atoms with Crippen LogP contribution < -0.4 is 5.32 Å². The van der Waals surface area contributed by atoms with Crippen molar-refractivity contribution in [1.29, 1.82) is 0 Å². The zero-order chi connectivity index (χ0) is 11.4. The number of aromatic nitrogens is 3. The van der Waals surface area contributed by atoms with Gasteiger partial charge >= 0.3 is 0 Å². The van der Waals surface area contributed by atoms with Gasteiger partial charge in [-0.15, -0.1) is 10.2 Å². The fourth-order valence-electron chi connectivity index (χ4n) is 1.39. The largest absolute Gasteiger partial charge is 0.320 e. The van der Waals surface area contributed by atoms with Crippen molar-refractivity contribution in [2.24, 2.45) is 7.05 Å². The molecule has 0 spiro atoms. The molecule has 0 atom stereocenters. The molecule has 1 N–H and O–H groups in total. The Labute approximate surface area is 108 Å². The number of rotatable bonds is 4. The predicted molar refractivity (Wildman–Crippen MR) is 70.7 cm³/mol. The molecule has 1 aromatic carbocycles. The molecule has 0 radical (unpaired) electrons. The summed E-state index contributed by atoms with van der Waals surface area (Å²) in [7, 11) is 1.95. The minimum Gasteiger partial charge on any atom is -0.320 e. The number of halogens is 1. The molecule has 0 aliphatic rings. The van der Waals surface area contributed by atoms with E-state index in [0.29, 0.717) is 0 Å². The van der Waals surface area contributed by atoms with Gasteiger partial charge in [-0.3, -0.25) is 0 Å². The Balaban J connectivity index is 1.84.